The SMILES string of the molecule is CC(S)c1ccc2ccoc2c1. The Hall–Kier alpha value is -0.890. The highest BCUT2D eigenvalue weighted by Crippen LogP contribution is 2.23. The molecule has 0 bridgehead atoms. The molecular formula is C10H10OS. The van der Waals surface area contributed by atoms with Gasteiger partial charge in [0.2, 0.25) is 0 Å². The molecule has 2 heteroatoms. The molecule has 0 fully saturated rings. The lowest BCUT2D eigenvalue weighted by Gasteiger charge is -2.02. The number of furan rings is 1. The zero-order valence-corrected chi connectivity index (χ0v) is 7.71. The van der Waals surface area contributed by atoms with E-state index in [1.807, 2.05) is 19.1 Å². The first kappa shape index (κ1) is 7.74. The molecule has 2 rings (SSSR count). The van der Waals surface area contributed by atoms with Crippen molar-refractivity contribution in [3.8, 4) is 0 Å². The molecule has 0 aliphatic rings. The van der Waals surface area contributed by atoms with Crippen molar-refractivity contribution in [2.24, 2.45) is 0 Å². The van der Waals surface area contributed by atoms with Crippen molar-refractivity contribution in [1.82, 2.24) is 0 Å². The predicted molar refractivity (Wildman–Crippen MR) is 53.6 cm³/mol. The average Bonchev–Trinajstić information content (AvgIpc) is 2.49. The molecule has 1 unspecified atom stereocenters. The Kier molecular flexibility index (Phi) is 1.85. The molecule has 2 aromatic rings. The first-order chi connectivity index (χ1) is 5.77. The molecule has 0 amide bonds. The van der Waals surface area contributed by atoms with Crippen LogP contribution in [0.15, 0.2) is 34.9 Å². The molecule has 62 valence electrons. The summed E-state index contributed by atoms with van der Waals surface area (Å²) >= 11 is 4.35. The molecule has 1 aromatic heterocycles. The Morgan fingerprint density at radius 1 is 1.33 bits per heavy atom. The van der Waals surface area contributed by atoms with Gasteiger partial charge in [-0.25, -0.2) is 0 Å². The van der Waals surface area contributed by atoms with Crippen LogP contribution in [0.2, 0.25) is 0 Å². The lowest BCUT2D eigenvalue weighted by atomic mass is 10.1. The zero-order valence-electron chi connectivity index (χ0n) is 6.82. The van der Waals surface area contributed by atoms with Crippen molar-refractivity contribution in [1.29, 1.82) is 0 Å². The third-order valence-electron chi connectivity index (χ3n) is 1.96. The van der Waals surface area contributed by atoms with Crippen molar-refractivity contribution in [3.63, 3.8) is 0 Å². The molecular weight excluding hydrogens is 168 g/mol. The van der Waals surface area contributed by atoms with Gasteiger partial charge in [0.1, 0.15) is 5.58 Å². The van der Waals surface area contributed by atoms with Gasteiger partial charge in [-0.15, -0.1) is 0 Å². The molecule has 0 spiro atoms. The first-order valence-electron chi connectivity index (χ1n) is 3.92. The second-order valence-electron chi connectivity index (χ2n) is 2.89. The van der Waals surface area contributed by atoms with E-state index in [1.165, 1.54) is 5.56 Å². The van der Waals surface area contributed by atoms with Crippen LogP contribution in [0.5, 0.6) is 0 Å². The summed E-state index contributed by atoms with van der Waals surface area (Å²) in [5, 5.41) is 1.41. The largest absolute Gasteiger partial charge is 0.464 e. The maximum Gasteiger partial charge on any atom is 0.134 e. The van der Waals surface area contributed by atoms with Gasteiger partial charge in [-0.1, -0.05) is 12.1 Å². The second kappa shape index (κ2) is 2.87. The number of benzene rings is 1. The van der Waals surface area contributed by atoms with E-state index in [2.05, 4.69) is 24.8 Å². The van der Waals surface area contributed by atoms with Crippen LogP contribution >= 0.6 is 12.6 Å². The maximum absolute atomic E-state index is 5.27. The molecule has 1 nitrogen and oxygen atoms in total. The Morgan fingerprint density at radius 3 is 2.92 bits per heavy atom. The van der Waals surface area contributed by atoms with Gasteiger partial charge in [0.05, 0.1) is 6.26 Å². The quantitative estimate of drug-likeness (QED) is 0.660. The van der Waals surface area contributed by atoms with Gasteiger partial charge in [-0.05, 0) is 24.6 Å². The van der Waals surface area contributed by atoms with Crippen molar-refractivity contribution in [2.75, 3.05) is 0 Å². The standard InChI is InChI=1S/C10H10OS/c1-7(12)9-3-2-8-4-5-11-10(8)6-9/h2-7,12H,1H3. The number of thiol groups is 1. The minimum absolute atomic E-state index is 0.263. The minimum Gasteiger partial charge on any atom is -0.464 e. The summed E-state index contributed by atoms with van der Waals surface area (Å²) in [5.74, 6) is 0. The van der Waals surface area contributed by atoms with Crippen molar-refractivity contribution in [3.05, 3.63) is 36.1 Å². The van der Waals surface area contributed by atoms with Gasteiger partial charge < -0.3 is 4.42 Å². The van der Waals surface area contributed by atoms with Crippen LogP contribution in [0.1, 0.15) is 17.7 Å². The van der Waals surface area contributed by atoms with Gasteiger partial charge in [0.15, 0.2) is 0 Å². The summed E-state index contributed by atoms with van der Waals surface area (Å²) in [6.07, 6.45) is 1.71. The van der Waals surface area contributed by atoms with E-state index in [1.54, 1.807) is 6.26 Å². The van der Waals surface area contributed by atoms with Gasteiger partial charge in [0.25, 0.3) is 0 Å². The van der Waals surface area contributed by atoms with Crippen LogP contribution in [0.4, 0.5) is 0 Å². The van der Waals surface area contributed by atoms with E-state index in [0.717, 1.165) is 11.0 Å². The predicted octanol–water partition coefficient (Wildman–Crippen LogP) is 3.42. The Balaban J connectivity index is 2.60. The molecule has 12 heavy (non-hydrogen) atoms. The number of fused-ring (bicyclic) bond motifs is 1. The van der Waals surface area contributed by atoms with Crippen molar-refractivity contribution >= 4 is 23.6 Å². The fourth-order valence-electron chi connectivity index (χ4n) is 1.23. The number of hydrogen-bond acceptors (Lipinski definition) is 2. The second-order valence-corrected chi connectivity index (χ2v) is 3.67. The van der Waals surface area contributed by atoms with Crippen molar-refractivity contribution < 1.29 is 4.42 Å². The number of hydrogen-bond donors (Lipinski definition) is 1. The molecule has 0 aliphatic carbocycles. The molecule has 0 N–H and O–H groups in total. The van der Waals surface area contributed by atoms with Crippen LogP contribution in [0.3, 0.4) is 0 Å². The molecule has 1 heterocycles. The summed E-state index contributed by atoms with van der Waals surface area (Å²) in [7, 11) is 0. The van der Waals surface area contributed by atoms with E-state index < -0.39 is 0 Å². The highest BCUT2D eigenvalue weighted by molar-refractivity contribution is 7.80. The highest BCUT2D eigenvalue weighted by atomic mass is 32.1. The zero-order chi connectivity index (χ0) is 8.55. The third kappa shape index (κ3) is 1.23. The Morgan fingerprint density at radius 2 is 2.17 bits per heavy atom. The smallest absolute Gasteiger partial charge is 0.134 e. The lowest BCUT2D eigenvalue weighted by molar-refractivity contribution is 0.615. The summed E-state index contributed by atoms with van der Waals surface area (Å²) in [6, 6.07) is 8.13. The topological polar surface area (TPSA) is 13.1 Å². The third-order valence-corrected chi connectivity index (χ3v) is 2.26. The van der Waals surface area contributed by atoms with Gasteiger partial charge in [-0.2, -0.15) is 12.6 Å². The van der Waals surface area contributed by atoms with E-state index in [0.29, 0.717) is 0 Å². The van der Waals surface area contributed by atoms with Crippen LogP contribution in [0.25, 0.3) is 11.0 Å². The average molecular weight is 178 g/mol. The molecule has 0 aliphatic heterocycles. The monoisotopic (exact) mass is 178 g/mol. The number of rotatable bonds is 1. The van der Waals surface area contributed by atoms with Crippen molar-refractivity contribution in [2.45, 2.75) is 12.2 Å². The summed E-state index contributed by atoms with van der Waals surface area (Å²) in [4.78, 5) is 0. The van der Waals surface area contributed by atoms with E-state index in [9.17, 15) is 0 Å². The Bertz CT molecular complexity index is 389. The van der Waals surface area contributed by atoms with E-state index in [-0.39, 0.29) is 5.25 Å². The van der Waals surface area contributed by atoms with E-state index >= 15 is 0 Å². The Labute approximate surface area is 76.8 Å². The van der Waals surface area contributed by atoms with Gasteiger partial charge in [-0.3, -0.25) is 0 Å². The first-order valence-corrected chi connectivity index (χ1v) is 4.44. The summed E-state index contributed by atoms with van der Waals surface area (Å²) < 4.78 is 5.27. The normalized spacial score (nSPS) is 13.5. The molecule has 1 atom stereocenters. The fraction of sp³-hybridized carbons (Fsp3) is 0.200. The molecule has 0 saturated heterocycles. The van der Waals surface area contributed by atoms with Gasteiger partial charge >= 0.3 is 0 Å². The van der Waals surface area contributed by atoms with E-state index in [4.69, 9.17) is 4.42 Å². The summed E-state index contributed by atoms with van der Waals surface area (Å²) in [5.41, 5.74) is 2.13. The lowest BCUT2D eigenvalue weighted by Crippen LogP contribution is -1.81. The van der Waals surface area contributed by atoms with Crippen LogP contribution in [0, 0.1) is 0 Å². The van der Waals surface area contributed by atoms with Crippen LogP contribution < -0.4 is 0 Å². The highest BCUT2D eigenvalue weighted by Gasteiger charge is 2.02. The minimum atomic E-state index is 0.263. The molecule has 1 aromatic carbocycles. The van der Waals surface area contributed by atoms with Crippen LogP contribution in [-0.2, 0) is 0 Å². The molecule has 0 saturated carbocycles. The fourth-order valence-corrected chi connectivity index (χ4v) is 1.39. The molecule has 0 radical (unpaired) electrons. The maximum atomic E-state index is 5.27. The van der Waals surface area contributed by atoms with Gasteiger partial charge in [0, 0.05) is 10.6 Å². The summed E-state index contributed by atoms with van der Waals surface area (Å²) in [6.45, 7) is 2.05. The van der Waals surface area contributed by atoms with Crippen LogP contribution in [-0.4, -0.2) is 0 Å².